The zero-order valence-electron chi connectivity index (χ0n) is 9.80. The number of hydrogen-bond donors (Lipinski definition) is 1. The summed E-state index contributed by atoms with van der Waals surface area (Å²) in [6.07, 6.45) is 4.04. The molecule has 4 heteroatoms. The van der Waals surface area contributed by atoms with E-state index in [0.717, 1.165) is 5.56 Å². The number of aromatic nitrogens is 1. The van der Waals surface area contributed by atoms with Gasteiger partial charge >= 0.3 is 0 Å². The fraction of sp³-hybridized carbons (Fsp3) is 0.500. The predicted molar refractivity (Wildman–Crippen MR) is 63.5 cm³/mol. The molecule has 0 aliphatic carbocycles. The lowest BCUT2D eigenvalue weighted by Crippen LogP contribution is -2.36. The predicted octanol–water partition coefficient (Wildman–Crippen LogP) is 1.32. The van der Waals surface area contributed by atoms with Crippen molar-refractivity contribution in [2.45, 2.75) is 25.4 Å². The summed E-state index contributed by atoms with van der Waals surface area (Å²) in [5.41, 5.74) is 6.94. The maximum absolute atomic E-state index is 8.69. The van der Waals surface area contributed by atoms with E-state index in [1.807, 2.05) is 26.1 Å². The first-order chi connectivity index (χ1) is 7.70. The lowest BCUT2D eigenvalue weighted by molar-refractivity contribution is 0.191. The van der Waals surface area contributed by atoms with Gasteiger partial charge in [-0.1, -0.05) is 0 Å². The van der Waals surface area contributed by atoms with E-state index in [4.69, 9.17) is 11.0 Å². The van der Waals surface area contributed by atoms with Gasteiger partial charge < -0.3 is 5.73 Å². The summed E-state index contributed by atoms with van der Waals surface area (Å²) in [5.74, 6) is 0. The van der Waals surface area contributed by atoms with Crippen LogP contribution in [0.25, 0.3) is 0 Å². The van der Waals surface area contributed by atoms with Crippen molar-refractivity contribution < 1.29 is 0 Å². The number of pyridine rings is 1. The van der Waals surface area contributed by atoms with Crippen molar-refractivity contribution in [1.29, 1.82) is 5.26 Å². The van der Waals surface area contributed by atoms with E-state index in [1.54, 1.807) is 12.4 Å². The lowest BCUT2D eigenvalue weighted by atomic mass is 10.0. The second-order valence-electron chi connectivity index (χ2n) is 3.91. The van der Waals surface area contributed by atoms with Gasteiger partial charge in [0.1, 0.15) is 0 Å². The highest BCUT2D eigenvalue weighted by Crippen LogP contribution is 2.20. The number of nitriles is 1. The largest absolute Gasteiger partial charge is 0.329 e. The number of nitrogens with zero attached hydrogens (tertiary/aromatic N) is 3. The number of nitrogens with two attached hydrogens (primary N) is 1. The Morgan fingerprint density at radius 1 is 1.50 bits per heavy atom. The van der Waals surface area contributed by atoms with Crippen molar-refractivity contribution in [2.24, 2.45) is 5.73 Å². The van der Waals surface area contributed by atoms with Crippen LogP contribution in [0.15, 0.2) is 24.5 Å². The molecule has 0 saturated heterocycles. The molecule has 16 heavy (non-hydrogen) atoms. The quantitative estimate of drug-likeness (QED) is 0.809. The molecule has 0 bridgehead atoms. The number of hydrogen-bond acceptors (Lipinski definition) is 4. The highest BCUT2D eigenvalue weighted by Gasteiger charge is 2.19. The summed E-state index contributed by atoms with van der Waals surface area (Å²) in [5, 5.41) is 8.69. The normalized spacial score (nSPS) is 14.4. The second kappa shape index (κ2) is 6.21. The van der Waals surface area contributed by atoms with Crippen LogP contribution in [-0.2, 0) is 0 Å². The Bertz CT molecular complexity index is 344. The minimum Gasteiger partial charge on any atom is -0.329 e. The van der Waals surface area contributed by atoms with Crippen LogP contribution >= 0.6 is 0 Å². The molecule has 1 aromatic rings. The van der Waals surface area contributed by atoms with Gasteiger partial charge in [-0.15, -0.1) is 0 Å². The van der Waals surface area contributed by atoms with Crippen LogP contribution in [-0.4, -0.2) is 29.5 Å². The Morgan fingerprint density at radius 3 is 2.62 bits per heavy atom. The van der Waals surface area contributed by atoms with Gasteiger partial charge in [-0.05, 0) is 31.7 Å². The zero-order valence-corrected chi connectivity index (χ0v) is 9.80. The molecule has 0 spiro atoms. The standard InChI is InChI=1S/C12H18N4/c1-10(3-6-13)16(2)12(9-14)11-4-7-15-8-5-11/h4-5,7-8,10,12H,3,9,14H2,1-2H3. The van der Waals surface area contributed by atoms with Crippen LogP contribution in [0, 0.1) is 11.3 Å². The first-order valence-corrected chi connectivity index (χ1v) is 5.39. The molecule has 4 nitrogen and oxygen atoms in total. The summed E-state index contributed by atoms with van der Waals surface area (Å²) in [6, 6.07) is 6.46. The molecule has 0 fully saturated rings. The van der Waals surface area contributed by atoms with E-state index in [0.29, 0.717) is 13.0 Å². The first-order valence-electron chi connectivity index (χ1n) is 5.39. The Hall–Kier alpha value is -1.44. The second-order valence-corrected chi connectivity index (χ2v) is 3.91. The summed E-state index contributed by atoms with van der Waals surface area (Å²) >= 11 is 0. The monoisotopic (exact) mass is 218 g/mol. The van der Waals surface area contributed by atoms with E-state index in [2.05, 4.69) is 16.0 Å². The van der Waals surface area contributed by atoms with Gasteiger partial charge in [-0.2, -0.15) is 5.26 Å². The molecule has 1 heterocycles. The van der Waals surface area contributed by atoms with Crippen molar-refractivity contribution in [3.63, 3.8) is 0 Å². The lowest BCUT2D eigenvalue weighted by Gasteiger charge is -2.31. The molecule has 0 saturated carbocycles. The Labute approximate surface area is 96.7 Å². The third-order valence-electron chi connectivity index (χ3n) is 2.89. The van der Waals surface area contributed by atoms with Gasteiger partial charge in [0.2, 0.25) is 0 Å². The Morgan fingerprint density at radius 2 is 2.12 bits per heavy atom. The maximum Gasteiger partial charge on any atom is 0.0638 e. The molecule has 2 unspecified atom stereocenters. The van der Waals surface area contributed by atoms with Crippen LogP contribution in [0.4, 0.5) is 0 Å². The SMILES string of the molecule is CC(CC#N)N(C)C(CN)c1ccncc1. The maximum atomic E-state index is 8.69. The molecular weight excluding hydrogens is 200 g/mol. The van der Waals surface area contributed by atoms with Crippen LogP contribution < -0.4 is 5.73 Å². The van der Waals surface area contributed by atoms with Gasteiger partial charge in [0.25, 0.3) is 0 Å². The minimum atomic E-state index is 0.145. The number of likely N-dealkylation sites (N-methyl/N-ethyl adjacent to an activating group) is 1. The van der Waals surface area contributed by atoms with Gasteiger partial charge in [0, 0.05) is 31.0 Å². The van der Waals surface area contributed by atoms with Crippen LogP contribution in [0.1, 0.15) is 24.9 Å². The average Bonchev–Trinajstić information content (AvgIpc) is 2.31. The third-order valence-corrected chi connectivity index (χ3v) is 2.89. The van der Waals surface area contributed by atoms with Crippen molar-refractivity contribution in [2.75, 3.05) is 13.6 Å². The summed E-state index contributed by atoms with van der Waals surface area (Å²) < 4.78 is 0. The van der Waals surface area contributed by atoms with E-state index >= 15 is 0 Å². The van der Waals surface area contributed by atoms with Gasteiger partial charge in [0.05, 0.1) is 12.5 Å². The van der Waals surface area contributed by atoms with E-state index in [1.165, 1.54) is 0 Å². The Kier molecular flexibility index (Phi) is 4.90. The molecule has 0 aromatic carbocycles. The molecule has 1 aromatic heterocycles. The third kappa shape index (κ3) is 3.02. The first kappa shape index (κ1) is 12.6. The van der Waals surface area contributed by atoms with E-state index in [-0.39, 0.29) is 12.1 Å². The molecule has 0 aliphatic heterocycles. The van der Waals surface area contributed by atoms with E-state index in [9.17, 15) is 0 Å². The van der Waals surface area contributed by atoms with E-state index < -0.39 is 0 Å². The van der Waals surface area contributed by atoms with Crippen LogP contribution in [0.3, 0.4) is 0 Å². The van der Waals surface area contributed by atoms with Gasteiger partial charge in [-0.3, -0.25) is 9.88 Å². The van der Waals surface area contributed by atoms with Gasteiger partial charge in [0.15, 0.2) is 0 Å². The summed E-state index contributed by atoms with van der Waals surface area (Å²) in [6.45, 7) is 2.57. The minimum absolute atomic E-state index is 0.145. The summed E-state index contributed by atoms with van der Waals surface area (Å²) in [4.78, 5) is 6.13. The highest BCUT2D eigenvalue weighted by molar-refractivity contribution is 5.15. The van der Waals surface area contributed by atoms with Crippen LogP contribution in [0.2, 0.25) is 0 Å². The fourth-order valence-electron chi connectivity index (χ4n) is 1.71. The molecule has 0 amide bonds. The molecule has 0 radical (unpaired) electrons. The van der Waals surface area contributed by atoms with Crippen molar-refractivity contribution in [3.05, 3.63) is 30.1 Å². The van der Waals surface area contributed by atoms with Crippen molar-refractivity contribution >= 4 is 0 Å². The van der Waals surface area contributed by atoms with Crippen molar-refractivity contribution in [3.8, 4) is 6.07 Å². The topological polar surface area (TPSA) is 65.9 Å². The fourth-order valence-corrected chi connectivity index (χ4v) is 1.71. The molecule has 0 aliphatic rings. The molecule has 1 rings (SSSR count). The smallest absolute Gasteiger partial charge is 0.0638 e. The zero-order chi connectivity index (χ0) is 12.0. The molecule has 2 N–H and O–H groups in total. The summed E-state index contributed by atoms with van der Waals surface area (Å²) in [7, 11) is 2.00. The molecular formula is C12H18N4. The van der Waals surface area contributed by atoms with Crippen LogP contribution in [0.5, 0.6) is 0 Å². The number of rotatable bonds is 5. The Balaban J connectivity index is 2.79. The highest BCUT2D eigenvalue weighted by atomic mass is 15.2. The molecule has 2 atom stereocenters. The molecule has 86 valence electrons. The average molecular weight is 218 g/mol. The van der Waals surface area contributed by atoms with Gasteiger partial charge in [-0.25, -0.2) is 0 Å². The van der Waals surface area contributed by atoms with Crippen molar-refractivity contribution in [1.82, 2.24) is 9.88 Å².